The Kier molecular flexibility index (Phi) is 5.03. The van der Waals surface area contributed by atoms with Gasteiger partial charge >= 0.3 is 0 Å². The molecule has 3 aromatic heterocycles. The molecule has 0 N–H and O–H groups in total. The van der Waals surface area contributed by atoms with Crippen LogP contribution >= 0.6 is 11.3 Å². The van der Waals surface area contributed by atoms with Gasteiger partial charge in [0.15, 0.2) is 11.5 Å². The molecule has 1 aliphatic heterocycles. The van der Waals surface area contributed by atoms with Gasteiger partial charge in [0, 0.05) is 49.5 Å². The third-order valence-electron chi connectivity index (χ3n) is 5.50. The summed E-state index contributed by atoms with van der Waals surface area (Å²) in [6.07, 6.45) is 5.59. The van der Waals surface area contributed by atoms with E-state index in [4.69, 9.17) is 4.74 Å². The number of ether oxygens (including phenoxy) is 1. The molecule has 1 aliphatic rings. The third-order valence-corrected chi connectivity index (χ3v) is 6.27. The number of thiazole rings is 1. The molecule has 0 radical (unpaired) electrons. The predicted octanol–water partition coefficient (Wildman–Crippen LogP) is 3.13. The summed E-state index contributed by atoms with van der Waals surface area (Å²) >= 11 is 1.50. The highest BCUT2D eigenvalue weighted by Crippen LogP contribution is 2.27. The Hall–Kier alpha value is -3.46. The van der Waals surface area contributed by atoms with E-state index in [0.29, 0.717) is 31.9 Å². The van der Waals surface area contributed by atoms with Gasteiger partial charge in [-0.25, -0.2) is 15.0 Å². The molecule has 158 valence electrons. The molecular weight excluding hydrogens is 412 g/mol. The van der Waals surface area contributed by atoms with E-state index >= 15 is 0 Å². The predicted molar refractivity (Wildman–Crippen MR) is 120 cm³/mol. The SMILES string of the molecule is COc1ccc(-c2cnc3c(N4CCN(C(=O)c5csc(C)n5)CC4)nccn23)cc1. The summed E-state index contributed by atoms with van der Waals surface area (Å²) < 4.78 is 7.31. The maximum Gasteiger partial charge on any atom is 0.273 e. The molecule has 0 saturated carbocycles. The first-order chi connectivity index (χ1) is 15.1. The van der Waals surface area contributed by atoms with Crippen LogP contribution in [0.5, 0.6) is 5.75 Å². The zero-order chi connectivity index (χ0) is 21.4. The normalized spacial score (nSPS) is 14.3. The Morgan fingerprint density at radius 1 is 1.10 bits per heavy atom. The number of carbonyl (C=O) groups excluding carboxylic acids is 1. The fourth-order valence-electron chi connectivity index (χ4n) is 3.85. The number of carbonyl (C=O) groups is 1. The highest BCUT2D eigenvalue weighted by molar-refractivity contribution is 7.09. The van der Waals surface area contributed by atoms with Crippen molar-refractivity contribution in [3.05, 3.63) is 58.9 Å². The molecule has 1 saturated heterocycles. The summed E-state index contributed by atoms with van der Waals surface area (Å²) in [6.45, 7) is 4.57. The first kappa shape index (κ1) is 19.5. The number of hydrogen-bond donors (Lipinski definition) is 0. The van der Waals surface area contributed by atoms with Crippen LogP contribution in [0.3, 0.4) is 0 Å². The van der Waals surface area contributed by atoms with Gasteiger partial charge in [-0.1, -0.05) is 0 Å². The number of methoxy groups -OCH3 is 1. The lowest BCUT2D eigenvalue weighted by Gasteiger charge is -2.35. The number of nitrogens with zero attached hydrogens (tertiary/aromatic N) is 6. The second kappa shape index (κ2) is 7.99. The van der Waals surface area contributed by atoms with E-state index in [1.54, 1.807) is 13.3 Å². The number of piperazine rings is 1. The molecule has 9 heteroatoms. The van der Waals surface area contributed by atoms with E-state index in [2.05, 4.69) is 24.3 Å². The zero-order valence-electron chi connectivity index (χ0n) is 17.4. The number of hydrogen-bond acceptors (Lipinski definition) is 7. The fraction of sp³-hybridized carbons (Fsp3) is 0.273. The Balaban J connectivity index is 1.36. The Morgan fingerprint density at radius 3 is 2.55 bits per heavy atom. The number of imidazole rings is 1. The Bertz CT molecular complexity index is 1220. The van der Waals surface area contributed by atoms with Crippen LogP contribution in [-0.2, 0) is 0 Å². The minimum Gasteiger partial charge on any atom is -0.497 e. The smallest absolute Gasteiger partial charge is 0.273 e. The summed E-state index contributed by atoms with van der Waals surface area (Å²) in [6, 6.07) is 7.92. The molecule has 0 unspecified atom stereocenters. The number of aryl methyl sites for hydroxylation is 1. The quantitative estimate of drug-likeness (QED) is 0.491. The van der Waals surface area contributed by atoms with Crippen molar-refractivity contribution in [1.29, 1.82) is 0 Å². The zero-order valence-corrected chi connectivity index (χ0v) is 18.2. The summed E-state index contributed by atoms with van der Waals surface area (Å²) in [7, 11) is 1.66. The van der Waals surface area contributed by atoms with Crippen LogP contribution < -0.4 is 9.64 Å². The summed E-state index contributed by atoms with van der Waals surface area (Å²) in [5.41, 5.74) is 3.39. The summed E-state index contributed by atoms with van der Waals surface area (Å²) in [5.74, 6) is 1.65. The van der Waals surface area contributed by atoms with Crippen LogP contribution in [0, 0.1) is 6.92 Å². The van der Waals surface area contributed by atoms with Gasteiger partial charge in [0.2, 0.25) is 0 Å². The number of rotatable bonds is 4. The number of anilines is 1. The van der Waals surface area contributed by atoms with Crippen LogP contribution in [0.25, 0.3) is 16.9 Å². The van der Waals surface area contributed by atoms with Crippen LogP contribution in [-0.4, -0.2) is 63.4 Å². The maximum atomic E-state index is 12.7. The monoisotopic (exact) mass is 434 g/mol. The van der Waals surface area contributed by atoms with Crippen molar-refractivity contribution >= 4 is 28.7 Å². The highest BCUT2D eigenvalue weighted by Gasteiger charge is 2.26. The van der Waals surface area contributed by atoms with Crippen LogP contribution in [0.15, 0.2) is 48.2 Å². The van der Waals surface area contributed by atoms with Crippen LogP contribution in [0.2, 0.25) is 0 Å². The van der Waals surface area contributed by atoms with E-state index in [1.807, 2.05) is 53.9 Å². The van der Waals surface area contributed by atoms with Gasteiger partial charge in [-0.2, -0.15) is 0 Å². The molecule has 5 rings (SSSR count). The molecule has 4 heterocycles. The van der Waals surface area contributed by atoms with Gasteiger partial charge in [0.05, 0.1) is 24.0 Å². The van der Waals surface area contributed by atoms with Gasteiger partial charge in [-0.15, -0.1) is 11.3 Å². The van der Waals surface area contributed by atoms with Crippen molar-refractivity contribution in [1.82, 2.24) is 24.3 Å². The molecule has 0 atom stereocenters. The lowest BCUT2D eigenvalue weighted by atomic mass is 10.1. The molecule has 8 nitrogen and oxygen atoms in total. The molecule has 4 aromatic rings. The van der Waals surface area contributed by atoms with Crippen molar-refractivity contribution in [2.45, 2.75) is 6.92 Å². The lowest BCUT2D eigenvalue weighted by Crippen LogP contribution is -2.49. The molecule has 0 aliphatic carbocycles. The first-order valence-corrected chi connectivity index (χ1v) is 10.9. The summed E-state index contributed by atoms with van der Waals surface area (Å²) in [4.78, 5) is 30.3. The van der Waals surface area contributed by atoms with Gasteiger partial charge in [0.25, 0.3) is 5.91 Å². The topological polar surface area (TPSA) is 75.9 Å². The molecule has 31 heavy (non-hydrogen) atoms. The average Bonchev–Trinajstić information content (AvgIpc) is 3.45. The molecule has 0 bridgehead atoms. The van der Waals surface area contributed by atoms with Crippen LogP contribution in [0.4, 0.5) is 5.82 Å². The molecule has 1 fully saturated rings. The minimum absolute atomic E-state index is 0.00206. The van der Waals surface area contributed by atoms with Crippen molar-refractivity contribution in [3.8, 4) is 17.0 Å². The van der Waals surface area contributed by atoms with E-state index < -0.39 is 0 Å². The maximum absolute atomic E-state index is 12.7. The van der Waals surface area contributed by atoms with Crippen LogP contribution in [0.1, 0.15) is 15.5 Å². The Morgan fingerprint density at radius 2 is 1.87 bits per heavy atom. The van der Waals surface area contributed by atoms with E-state index in [9.17, 15) is 4.79 Å². The highest BCUT2D eigenvalue weighted by atomic mass is 32.1. The number of aromatic nitrogens is 4. The largest absolute Gasteiger partial charge is 0.497 e. The molecule has 1 amide bonds. The van der Waals surface area contributed by atoms with Gasteiger partial charge in [-0.05, 0) is 31.2 Å². The molecule has 1 aromatic carbocycles. The number of fused-ring (bicyclic) bond motifs is 1. The van der Waals surface area contributed by atoms with Crippen molar-refractivity contribution in [2.75, 3.05) is 38.2 Å². The van der Waals surface area contributed by atoms with Gasteiger partial charge in [-0.3, -0.25) is 9.20 Å². The number of amides is 1. The second-order valence-corrected chi connectivity index (χ2v) is 8.41. The summed E-state index contributed by atoms with van der Waals surface area (Å²) in [5, 5.41) is 2.74. The Labute approximate surface area is 183 Å². The standard InChI is InChI=1S/C22H22N6O2S/c1-15-25-18(14-31-15)22(29)27-11-9-26(10-12-27)20-21-24-13-19(28(21)8-7-23-20)16-3-5-17(30-2)6-4-16/h3-8,13-14H,9-12H2,1-2H3. The third kappa shape index (κ3) is 3.61. The lowest BCUT2D eigenvalue weighted by molar-refractivity contribution is 0.0741. The van der Waals surface area contributed by atoms with E-state index in [-0.39, 0.29) is 5.91 Å². The molecular formula is C22H22N6O2S. The van der Waals surface area contributed by atoms with E-state index in [1.165, 1.54) is 11.3 Å². The molecule has 0 spiro atoms. The van der Waals surface area contributed by atoms with Gasteiger partial charge in [0.1, 0.15) is 11.4 Å². The van der Waals surface area contributed by atoms with Crippen molar-refractivity contribution < 1.29 is 9.53 Å². The van der Waals surface area contributed by atoms with Crippen molar-refractivity contribution in [2.24, 2.45) is 0 Å². The van der Waals surface area contributed by atoms with Crippen molar-refractivity contribution in [3.63, 3.8) is 0 Å². The minimum atomic E-state index is -0.00206. The van der Waals surface area contributed by atoms with E-state index in [0.717, 1.165) is 33.5 Å². The van der Waals surface area contributed by atoms with Gasteiger partial charge < -0.3 is 14.5 Å². The second-order valence-electron chi connectivity index (χ2n) is 7.35. The first-order valence-electron chi connectivity index (χ1n) is 10.1. The number of benzene rings is 1. The fourth-order valence-corrected chi connectivity index (χ4v) is 4.44. The average molecular weight is 435 g/mol.